The van der Waals surface area contributed by atoms with Gasteiger partial charge in [0, 0.05) is 19.0 Å². The van der Waals surface area contributed by atoms with Crippen LogP contribution in [0.2, 0.25) is 0 Å². The SMILES string of the molecule is C[C@H]1C[C@@H]1C(=O)NCc1ccccc1-c1ccc(CN2CCCC2)cc1. The van der Waals surface area contributed by atoms with Gasteiger partial charge in [-0.25, -0.2) is 0 Å². The monoisotopic (exact) mass is 348 g/mol. The third-order valence-corrected chi connectivity index (χ3v) is 5.79. The van der Waals surface area contributed by atoms with Crippen molar-refractivity contribution < 1.29 is 4.79 Å². The number of rotatable bonds is 6. The van der Waals surface area contributed by atoms with Crippen molar-refractivity contribution >= 4 is 5.91 Å². The van der Waals surface area contributed by atoms with Gasteiger partial charge < -0.3 is 5.32 Å². The first-order chi connectivity index (χ1) is 12.7. The summed E-state index contributed by atoms with van der Waals surface area (Å²) in [7, 11) is 0. The van der Waals surface area contributed by atoms with Crippen LogP contribution in [0.4, 0.5) is 0 Å². The van der Waals surface area contributed by atoms with Crippen molar-refractivity contribution in [3.8, 4) is 11.1 Å². The van der Waals surface area contributed by atoms with E-state index in [0.717, 1.165) is 13.0 Å². The molecular weight excluding hydrogens is 320 g/mol. The zero-order chi connectivity index (χ0) is 17.9. The first-order valence-corrected chi connectivity index (χ1v) is 9.88. The molecule has 0 unspecified atom stereocenters. The number of nitrogens with one attached hydrogen (secondary N) is 1. The third kappa shape index (κ3) is 3.99. The molecule has 2 aromatic rings. The molecule has 2 atom stereocenters. The van der Waals surface area contributed by atoms with Crippen molar-refractivity contribution in [1.82, 2.24) is 10.2 Å². The molecule has 26 heavy (non-hydrogen) atoms. The molecule has 4 rings (SSSR count). The fourth-order valence-electron chi connectivity index (χ4n) is 3.95. The zero-order valence-electron chi connectivity index (χ0n) is 15.6. The molecule has 2 aromatic carbocycles. The van der Waals surface area contributed by atoms with Crippen LogP contribution in [0.5, 0.6) is 0 Å². The standard InChI is InChI=1S/C23H28N2O/c1-17-14-22(17)23(26)24-15-20-6-2-3-7-21(20)19-10-8-18(9-11-19)16-25-12-4-5-13-25/h2-3,6-11,17,22H,4-5,12-16H2,1H3,(H,24,26)/t17-,22-/m0/s1. The second-order valence-electron chi connectivity index (χ2n) is 7.87. The highest BCUT2D eigenvalue weighted by atomic mass is 16.2. The number of carbonyl (C=O) groups excluding carboxylic acids is 1. The highest BCUT2D eigenvalue weighted by Gasteiger charge is 2.38. The molecule has 1 saturated carbocycles. The molecule has 2 fully saturated rings. The van der Waals surface area contributed by atoms with E-state index in [2.05, 4.69) is 59.6 Å². The Balaban J connectivity index is 1.44. The van der Waals surface area contributed by atoms with Crippen molar-refractivity contribution in [3.63, 3.8) is 0 Å². The zero-order valence-corrected chi connectivity index (χ0v) is 15.6. The van der Waals surface area contributed by atoms with E-state index in [4.69, 9.17) is 0 Å². The van der Waals surface area contributed by atoms with Gasteiger partial charge in [-0.1, -0.05) is 55.5 Å². The Morgan fingerprint density at radius 2 is 1.77 bits per heavy atom. The molecule has 0 radical (unpaired) electrons. The molecule has 0 bridgehead atoms. The molecule has 1 amide bonds. The lowest BCUT2D eigenvalue weighted by Crippen LogP contribution is -2.25. The lowest BCUT2D eigenvalue weighted by molar-refractivity contribution is -0.122. The molecule has 1 aliphatic heterocycles. The summed E-state index contributed by atoms with van der Waals surface area (Å²) >= 11 is 0. The van der Waals surface area contributed by atoms with Crippen molar-refractivity contribution in [3.05, 3.63) is 59.7 Å². The van der Waals surface area contributed by atoms with E-state index in [1.54, 1.807) is 0 Å². The van der Waals surface area contributed by atoms with Crippen molar-refractivity contribution in [2.75, 3.05) is 13.1 Å². The van der Waals surface area contributed by atoms with Crippen LogP contribution in [0.1, 0.15) is 37.3 Å². The summed E-state index contributed by atoms with van der Waals surface area (Å²) in [6.07, 6.45) is 3.69. The van der Waals surface area contributed by atoms with Gasteiger partial charge in [0.15, 0.2) is 0 Å². The number of benzene rings is 2. The fraction of sp³-hybridized carbons (Fsp3) is 0.435. The molecule has 3 heteroatoms. The highest BCUT2D eigenvalue weighted by Crippen LogP contribution is 2.37. The molecule has 1 N–H and O–H groups in total. The van der Waals surface area contributed by atoms with E-state index in [9.17, 15) is 4.79 Å². The highest BCUT2D eigenvalue weighted by molar-refractivity contribution is 5.81. The number of amides is 1. The van der Waals surface area contributed by atoms with Gasteiger partial charge in [0.2, 0.25) is 5.91 Å². The smallest absolute Gasteiger partial charge is 0.223 e. The number of hydrogen-bond donors (Lipinski definition) is 1. The second kappa shape index (κ2) is 7.63. The molecule has 1 aliphatic carbocycles. The Bertz CT molecular complexity index is 762. The Kier molecular flexibility index (Phi) is 5.07. The van der Waals surface area contributed by atoms with Gasteiger partial charge in [0.1, 0.15) is 0 Å². The maximum absolute atomic E-state index is 12.1. The fourth-order valence-corrected chi connectivity index (χ4v) is 3.95. The Morgan fingerprint density at radius 3 is 2.46 bits per heavy atom. The summed E-state index contributed by atoms with van der Waals surface area (Å²) in [5, 5.41) is 3.12. The largest absolute Gasteiger partial charge is 0.352 e. The Hall–Kier alpha value is -2.13. The minimum absolute atomic E-state index is 0.202. The molecule has 3 nitrogen and oxygen atoms in total. The first-order valence-electron chi connectivity index (χ1n) is 9.88. The quantitative estimate of drug-likeness (QED) is 0.848. The molecular formula is C23H28N2O. The van der Waals surface area contributed by atoms with E-state index in [1.165, 1.54) is 48.2 Å². The number of carbonyl (C=O) groups is 1. The summed E-state index contributed by atoms with van der Waals surface area (Å²) in [6, 6.07) is 17.3. The maximum atomic E-state index is 12.1. The van der Waals surface area contributed by atoms with Crippen LogP contribution < -0.4 is 5.32 Å². The van der Waals surface area contributed by atoms with Gasteiger partial charge in [0.05, 0.1) is 0 Å². The number of nitrogens with zero attached hydrogens (tertiary/aromatic N) is 1. The summed E-state index contributed by atoms with van der Waals surface area (Å²) in [4.78, 5) is 14.7. The third-order valence-electron chi connectivity index (χ3n) is 5.79. The summed E-state index contributed by atoms with van der Waals surface area (Å²) in [5.74, 6) is 0.980. The molecule has 2 aliphatic rings. The van der Waals surface area contributed by atoms with E-state index < -0.39 is 0 Å². The van der Waals surface area contributed by atoms with Crippen LogP contribution in [0.15, 0.2) is 48.5 Å². The van der Waals surface area contributed by atoms with E-state index in [-0.39, 0.29) is 11.8 Å². The van der Waals surface area contributed by atoms with Crippen LogP contribution in [-0.4, -0.2) is 23.9 Å². The lowest BCUT2D eigenvalue weighted by Gasteiger charge is -2.15. The average Bonchev–Trinajstić information content (AvgIpc) is 3.18. The molecule has 0 spiro atoms. The normalized spacial score (nSPS) is 22.3. The average molecular weight is 348 g/mol. The molecule has 1 heterocycles. The van der Waals surface area contributed by atoms with Gasteiger partial charge in [-0.05, 0) is 60.5 Å². The van der Waals surface area contributed by atoms with Crippen molar-refractivity contribution in [2.24, 2.45) is 11.8 Å². The second-order valence-corrected chi connectivity index (χ2v) is 7.87. The van der Waals surface area contributed by atoms with E-state index in [1.807, 2.05) is 6.07 Å². The van der Waals surface area contributed by atoms with Gasteiger partial charge in [-0.2, -0.15) is 0 Å². The van der Waals surface area contributed by atoms with Gasteiger partial charge in [-0.15, -0.1) is 0 Å². The van der Waals surface area contributed by atoms with Gasteiger partial charge >= 0.3 is 0 Å². The Labute approximate surface area is 156 Å². The Morgan fingerprint density at radius 1 is 1.08 bits per heavy atom. The van der Waals surface area contributed by atoms with Crippen LogP contribution in [0.3, 0.4) is 0 Å². The summed E-state index contributed by atoms with van der Waals surface area (Å²) in [5.41, 5.74) is 5.00. The van der Waals surface area contributed by atoms with Crippen LogP contribution in [-0.2, 0) is 17.9 Å². The van der Waals surface area contributed by atoms with Crippen LogP contribution in [0, 0.1) is 11.8 Å². The van der Waals surface area contributed by atoms with Crippen LogP contribution >= 0.6 is 0 Å². The number of likely N-dealkylation sites (tertiary alicyclic amines) is 1. The van der Waals surface area contributed by atoms with Crippen molar-refractivity contribution in [1.29, 1.82) is 0 Å². The van der Waals surface area contributed by atoms with Gasteiger partial charge in [-0.3, -0.25) is 9.69 Å². The minimum atomic E-state index is 0.202. The first kappa shape index (κ1) is 17.3. The van der Waals surface area contributed by atoms with Gasteiger partial charge in [0.25, 0.3) is 0 Å². The van der Waals surface area contributed by atoms with E-state index >= 15 is 0 Å². The number of hydrogen-bond acceptors (Lipinski definition) is 2. The summed E-state index contributed by atoms with van der Waals surface area (Å²) < 4.78 is 0. The molecule has 0 aromatic heterocycles. The van der Waals surface area contributed by atoms with E-state index in [0.29, 0.717) is 12.5 Å². The molecule has 136 valence electrons. The maximum Gasteiger partial charge on any atom is 0.223 e. The minimum Gasteiger partial charge on any atom is -0.352 e. The lowest BCUT2D eigenvalue weighted by atomic mass is 9.98. The predicted molar refractivity (Wildman–Crippen MR) is 106 cm³/mol. The molecule has 1 saturated heterocycles. The predicted octanol–water partition coefficient (Wildman–Crippen LogP) is 4.22. The summed E-state index contributed by atoms with van der Waals surface area (Å²) in [6.45, 7) is 6.25. The topological polar surface area (TPSA) is 32.3 Å². The van der Waals surface area contributed by atoms with Crippen molar-refractivity contribution in [2.45, 2.75) is 39.3 Å². The van der Waals surface area contributed by atoms with Crippen LogP contribution in [0.25, 0.3) is 11.1 Å².